The van der Waals surface area contributed by atoms with Gasteiger partial charge in [0.05, 0.1) is 26.2 Å². The van der Waals surface area contributed by atoms with E-state index in [4.69, 9.17) is 9.47 Å². The highest BCUT2D eigenvalue weighted by molar-refractivity contribution is 5.92. The summed E-state index contributed by atoms with van der Waals surface area (Å²) in [5, 5.41) is 13.8. The van der Waals surface area contributed by atoms with E-state index in [-0.39, 0.29) is 24.8 Å². The maximum Gasteiger partial charge on any atom is 0.249 e. The van der Waals surface area contributed by atoms with Gasteiger partial charge in [-0.1, -0.05) is 38.1 Å². The van der Waals surface area contributed by atoms with E-state index in [0.29, 0.717) is 30.3 Å². The molecule has 0 unspecified atom stereocenters. The smallest absolute Gasteiger partial charge is 0.249 e. The Morgan fingerprint density at radius 2 is 1.87 bits per heavy atom. The van der Waals surface area contributed by atoms with Crippen molar-refractivity contribution in [1.29, 1.82) is 0 Å². The molecule has 7 nitrogen and oxygen atoms in total. The van der Waals surface area contributed by atoms with Gasteiger partial charge in [-0.2, -0.15) is 0 Å². The molecular weight excluding hydrogens is 396 g/mol. The number of carbonyl (C=O) groups is 2. The summed E-state index contributed by atoms with van der Waals surface area (Å²) in [4.78, 5) is 26.3. The van der Waals surface area contributed by atoms with Gasteiger partial charge in [0.2, 0.25) is 11.8 Å². The molecule has 31 heavy (non-hydrogen) atoms. The molecule has 0 radical (unpaired) electrons. The molecule has 2 N–H and O–H groups in total. The van der Waals surface area contributed by atoms with Crippen molar-refractivity contribution in [3.05, 3.63) is 59.7 Å². The molecule has 3 rings (SSSR count). The third kappa shape index (κ3) is 6.06. The number of aliphatic hydroxyl groups excluding tert-OH is 1. The van der Waals surface area contributed by atoms with E-state index >= 15 is 0 Å². The number of methoxy groups -OCH3 is 1. The van der Waals surface area contributed by atoms with E-state index in [1.807, 2.05) is 38.1 Å². The number of rotatable bonds is 8. The summed E-state index contributed by atoms with van der Waals surface area (Å²) < 4.78 is 10.5. The molecule has 2 amide bonds. The first kappa shape index (κ1) is 22.8. The van der Waals surface area contributed by atoms with Crippen LogP contribution in [0.25, 0.3) is 0 Å². The van der Waals surface area contributed by atoms with Gasteiger partial charge in [0.1, 0.15) is 18.5 Å². The molecule has 1 heterocycles. The van der Waals surface area contributed by atoms with Gasteiger partial charge < -0.3 is 24.8 Å². The van der Waals surface area contributed by atoms with Crippen molar-refractivity contribution in [2.24, 2.45) is 5.92 Å². The molecule has 1 aliphatic rings. The fourth-order valence-corrected chi connectivity index (χ4v) is 3.64. The Bertz CT molecular complexity index is 880. The van der Waals surface area contributed by atoms with E-state index < -0.39 is 12.1 Å². The van der Waals surface area contributed by atoms with Crippen molar-refractivity contribution < 1.29 is 24.2 Å². The molecule has 2 atom stereocenters. The van der Waals surface area contributed by atoms with Gasteiger partial charge in [0.25, 0.3) is 0 Å². The standard InChI is InChI=1S/C24H30N2O5/c1-16(2)13-26-21(14-31-15-23(26)28)24(29)18-6-8-19(9-7-18)25-22(27)12-17-4-10-20(30-3)11-5-17/h4-11,16,21,24,29H,12-15H2,1-3H3,(H,25,27)/t21-,24-/m1/s1. The molecule has 0 aliphatic carbocycles. The first-order chi connectivity index (χ1) is 14.9. The number of anilines is 1. The van der Waals surface area contributed by atoms with Gasteiger partial charge in [-0.25, -0.2) is 0 Å². The van der Waals surface area contributed by atoms with Gasteiger partial charge in [0.15, 0.2) is 0 Å². The van der Waals surface area contributed by atoms with Crippen molar-refractivity contribution >= 4 is 17.5 Å². The summed E-state index contributed by atoms with van der Waals surface area (Å²) in [6, 6.07) is 14.0. The maximum atomic E-state index is 12.3. The highest BCUT2D eigenvalue weighted by Crippen LogP contribution is 2.26. The average Bonchev–Trinajstić information content (AvgIpc) is 2.75. The maximum absolute atomic E-state index is 12.3. The average molecular weight is 427 g/mol. The van der Waals surface area contributed by atoms with Crippen LogP contribution in [-0.4, -0.2) is 54.7 Å². The first-order valence-corrected chi connectivity index (χ1v) is 10.5. The summed E-state index contributed by atoms with van der Waals surface area (Å²) in [6.45, 7) is 4.99. The van der Waals surface area contributed by atoms with Gasteiger partial charge >= 0.3 is 0 Å². The number of amides is 2. The molecule has 0 spiro atoms. The number of benzene rings is 2. The van der Waals surface area contributed by atoms with Crippen LogP contribution in [-0.2, 0) is 20.7 Å². The third-order valence-corrected chi connectivity index (χ3v) is 5.22. The number of ether oxygens (including phenoxy) is 2. The van der Waals surface area contributed by atoms with Crippen molar-refractivity contribution in [2.45, 2.75) is 32.4 Å². The van der Waals surface area contributed by atoms with Crippen molar-refractivity contribution in [2.75, 3.05) is 32.2 Å². The topological polar surface area (TPSA) is 88.1 Å². The minimum atomic E-state index is -0.868. The van der Waals surface area contributed by atoms with Crippen LogP contribution < -0.4 is 10.1 Å². The lowest BCUT2D eigenvalue weighted by Crippen LogP contribution is -2.53. The SMILES string of the molecule is COc1ccc(CC(=O)Nc2ccc([C@@H](O)[C@H]3COCC(=O)N3CC(C)C)cc2)cc1. The number of hydrogen-bond acceptors (Lipinski definition) is 5. The fraction of sp³-hybridized carbons (Fsp3) is 0.417. The Hall–Kier alpha value is -2.90. The second kappa shape index (κ2) is 10.4. The molecule has 1 fully saturated rings. The zero-order valence-corrected chi connectivity index (χ0v) is 18.2. The quantitative estimate of drug-likeness (QED) is 0.678. The minimum Gasteiger partial charge on any atom is -0.497 e. The fourth-order valence-electron chi connectivity index (χ4n) is 3.64. The highest BCUT2D eigenvalue weighted by Gasteiger charge is 2.34. The van der Waals surface area contributed by atoms with Crippen molar-refractivity contribution in [3.63, 3.8) is 0 Å². The van der Waals surface area contributed by atoms with E-state index in [0.717, 1.165) is 11.3 Å². The van der Waals surface area contributed by atoms with Crippen LogP contribution in [0.1, 0.15) is 31.1 Å². The van der Waals surface area contributed by atoms with E-state index in [1.54, 1.807) is 36.3 Å². The minimum absolute atomic E-state index is 0.0507. The summed E-state index contributed by atoms with van der Waals surface area (Å²) in [5.74, 6) is 0.801. The number of aliphatic hydroxyl groups is 1. The Labute approximate surface area is 183 Å². The Morgan fingerprint density at radius 1 is 1.19 bits per heavy atom. The van der Waals surface area contributed by atoms with Crippen LogP contribution in [0.4, 0.5) is 5.69 Å². The second-order valence-corrected chi connectivity index (χ2v) is 8.16. The molecule has 7 heteroatoms. The number of nitrogens with zero attached hydrogens (tertiary/aromatic N) is 1. The molecule has 0 saturated carbocycles. The summed E-state index contributed by atoms with van der Waals surface area (Å²) >= 11 is 0. The number of carbonyl (C=O) groups excluding carboxylic acids is 2. The van der Waals surface area contributed by atoms with Gasteiger partial charge in [-0.15, -0.1) is 0 Å². The van der Waals surface area contributed by atoms with Crippen LogP contribution in [0.2, 0.25) is 0 Å². The zero-order chi connectivity index (χ0) is 22.4. The van der Waals surface area contributed by atoms with E-state index in [1.165, 1.54) is 0 Å². The lowest BCUT2D eigenvalue weighted by Gasteiger charge is -2.39. The predicted octanol–water partition coefficient (Wildman–Crippen LogP) is 2.79. The molecular formula is C24H30N2O5. The van der Waals surface area contributed by atoms with Gasteiger partial charge in [-0.05, 0) is 41.3 Å². The van der Waals surface area contributed by atoms with Crippen LogP contribution >= 0.6 is 0 Å². The Kier molecular flexibility index (Phi) is 7.65. The summed E-state index contributed by atoms with van der Waals surface area (Å²) in [7, 11) is 1.60. The predicted molar refractivity (Wildman–Crippen MR) is 118 cm³/mol. The first-order valence-electron chi connectivity index (χ1n) is 10.5. The molecule has 166 valence electrons. The van der Waals surface area contributed by atoms with Crippen LogP contribution in [0.15, 0.2) is 48.5 Å². The van der Waals surface area contributed by atoms with Gasteiger partial charge in [-0.3, -0.25) is 9.59 Å². The Morgan fingerprint density at radius 3 is 2.48 bits per heavy atom. The highest BCUT2D eigenvalue weighted by atomic mass is 16.5. The molecule has 0 aromatic heterocycles. The molecule has 2 aromatic rings. The summed E-state index contributed by atoms with van der Waals surface area (Å²) in [5.41, 5.74) is 2.20. The van der Waals surface area contributed by atoms with E-state index in [9.17, 15) is 14.7 Å². The number of morpholine rings is 1. The normalized spacial score (nSPS) is 17.5. The molecule has 0 bridgehead atoms. The lowest BCUT2D eigenvalue weighted by molar-refractivity contribution is -0.155. The third-order valence-electron chi connectivity index (χ3n) is 5.22. The van der Waals surface area contributed by atoms with Crippen LogP contribution in [0, 0.1) is 5.92 Å². The Balaban J connectivity index is 1.61. The monoisotopic (exact) mass is 426 g/mol. The molecule has 2 aromatic carbocycles. The van der Waals surface area contributed by atoms with Crippen LogP contribution in [0.5, 0.6) is 5.75 Å². The van der Waals surface area contributed by atoms with E-state index in [2.05, 4.69) is 5.32 Å². The number of hydrogen-bond donors (Lipinski definition) is 2. The number of nitrogens with one attached hydrogen (secondary N) is 1. The van der Waals surface area contributed by atoms with Crippen molar-refractivity contribution in [3.8, 4) is 5.75 Å². The van der Waals surface area contributed by atoms with Gasteiger partial charge in [0, 0.05) is 12.2 Å². The van der Waals surface area contributed by atoms with Crippen LogP contribution in [0.3, 0.4) is 0 Å². The molecule has 1 aliphatic heterocycles. The zero-order valence-electron chi connectivity index (χ0n) is 18.2. The largest absolute Gasteiger partial charge is 0.497 e. The second-order valence-electron chi connectivity index (χ2n) is 8.16. The summed E-state index contributed by atoms with van der Waals surface area (Å²) in [6.07, 6.45) is -0.618. The van der Waals surface area contributed by atoms with Crippen molar-refractivity contribution in [1.82, 2.24) is 4.90 Å². The lowest BCUT2D eigenvalue weighted by atomic mass is 9.99. The molecule has 1 saturated heterocycles.